The molecule has 20 heavy (non-hydrogen) atoms. The van der Waals surface area contributed by atoms with Crippen molar-refractivity contribution in [3.05, 3.63) is 22.4 Å². The number of nitrogens with zero attached hydrogens (tertiary/aromatic N) is 1. The Hall–Kier alpha value is -1.08. The molecule has 1 saturated heterocycles. The molecular formula is C13H19NO4S2. The Morgan fingerprint density at radius 1 is 1.45 bits per heavy atom. The molecule has 1 amide bonds. The highest BCUT2D eigenvalue weighted by molar-refractivity contribution is 7.91. The molecule has 0 saturated carbocycles. The number of rotatable bonds is 1. The summed E-state index contributed by atoms with van der Waals surface area (Å²) in [6, 6.07) is 3.62. The Morgan fingerprint density at radius 2 is 2.15 bits per heavy atom. The van der Waals surface area contributed by atoms with Gasteiger partial charge in [0.15, 0.2) is 9.84 Å². The average molecular weight is 317 g/mol. The number of carbonyl (C=O) groups excluding carboxylic acids is 1. The summed E-state index contributed by atoms with van der Waals surface area (Å²) in [5, 5.41) is 1.21. The highest BCUT2D eigenvalue weighted by atomic mass is 32.2. The molecule has 5 nitrogen and oxygen atoms in total. The van der Waals surface area contributed by atoms with Crippen LogP contribution in [0, 0.1) is 0 Å². The highest BCUT2D eigenvalue weighted by Gasteiger charge is 2.37. The molecule has 1 aromatic rings. The number of carbonyl (C=O) groups is 1. The summed E-state index contributed by atoms with van der Waals surface area (Å²) in [5.41, 5.74) is -0.578. The van der Waals surface area contributed by atoms with Crippen LogP contribution in [-0.4, -0.2) is 43.9 Å². The Labute approximate surface area is 123 Å². The van der Waals surface area contributed by atoms with Gasteiger partial charge in [-0.3, -0.25) is 0 Å². The fourth-order valence-corrected chi connectivity index (χ4v) is 4.92. The van der Waals surface area contributed by atoms with Crippen molar-refractivity contribution in [3.8, 4) is 0 Å². The summed E-state index contributed by atoms with van der Waals surface area (Å²) < 4.78 is 29.6. The number of hydrogen-bond donors (Lipinski definition) is 0. The van der Waals surface area contributed by atoms with Crippen LogP contribution in [0.5, 0.6) is 0 Å². The fraction of sp³-hybridized carbons (Fsp3) is 0.615. The summed E-state index contributed by atoms with van der Waals surface area (Å²) in [6.45, 7) is 5.74. The summed E-state index contributed by atoms with van der Waals surface area (Å²) in [4.78, 5) is 14.3. The average Bonchev–Trinajstić information content (AvgIpc) is 2.79. The van der Waals surface area contributed by atoms with Crippen LogP contribution in [0.3, 0.4) is 0 Å². The molecule has 1 fully saturated rings. The summed E-state index contributed by atoms with van der Waals surface area (Å²) in [7, 11) is -3.20. The molecule has 0 aromatic carbocycles. The van der Waals surface area contributed by atoms with Crippen LogP contribution in [0.2, 0.25) is 0 Å². The normalized spacial score (nSPS) is 22.6. The number of thiophene rings is 1. The first-order valence-electron chi connectivity index (χ1n) is 6.42. The third-order valence-corrected chi connectivity index (χ3v) is 6.13. The van der Waals surface area contributed by atoms with Gasteiger partial charge in [0.2, 0.25) is 0 Å². The zero-order chi connectivity index (χ0) is 15.0. The smallest absolute Gasteiger partial charge is 0.410 e. The van der Waals surface area contributed by atoms with E-state index in [2.05, 4.69) is 0 Å². The van der Waals surface area contributed by atoms with Crippen molar-refractivity contribution in [2.75, 3.05) is 18.8 Å². The lowest BCUT2D eigenvalue weighted by Gasteiger charge is -2.33. The second-order valence-electron chi connectivity index (χ2n) is 5.80. The van der Waals surface area contributed by atoms with Gasteiger partial charge in [0.05, 0.1) is 5.75 Å². The molecule has 2 rings (SSSR count). The van der Waals surface area contributed by atoms with Crippen molar-refractivity contribution in [1.82, 2.24) is 4.90 Å². The maximum absolute atomic E-state index is 12.2. The number of sulfone groups is 1. The maximum atomic E-state index is 12.2. The Kier molecular flexibility index (Phi) is 4.11. The van der Waals surface area contributed by atoms with Gasteiger partial charge in [0, 0.05) is 18.0 Å². The topological polar surface area (TPSA) is 63.7 Å². The Balaban J connectivity index is 2.15. The van der Waals surface area contributed by atoms with Crippen LogP contribution in [0.25, 0.3) is 0 Å². The molecule has 1 atom stereocenters. The molecule has 1 aromatic heterocycles. The van der Waals surface area contributed by atoms with E-state index in [1.165, 1.54) is 16.2 Å². The summed E-state index contributed by atoms with van der Waals surface area (Å²) in [5.74, 6) is -0.0190. The predicted molar refractivity (Wildman–Crippen MR) is 78.7 cm³/mol. The summed E-state index contributed by atoms with van der Waals surface area (Å²) >= 11 is 1.40. The van der Waals surface area contributed by atoms with Gasteiger partial charge in [-0.05, 0) is 32.2 Å². The predicted octanol–water partition coefficient (Wildman–Crippen LogP) is 2.45. The van der Waals surface area contributed by atoms with E-state index in [-0.39, 0.29) is 18.8 Å². The van der Waals surface area contributed by atoms with E-state index in [0.29, 0.717) is 0 Å². The van der Waals surface area contributed by atoms with Crippen molar-refractivity contribution >= 4 is 27.3 Å². The van der Waals surface area contributed by atoms with E-state index < -0.39 is 26.8 Å². The van der Waals surface area contributed by atoms with E-state index in [0.717, 1.165) is 4.88 Å². The standard InChI is InChI=1S/C13H19NO4S2/c1-13(2,3)18-12(15)14-6-8-20(16,17)11(9-14)10-5-4-7-19-10/h4-5,7,11H,6,8-9H2,1-3H3. The third kappa shape index (κ3) is 3.52. The first-order chi connectivity index (χ1) is 9.19. The lowest BCUT2D eigenvalue weighted by atomic mass is 10.2. The van der Waals surface area contributed by atoms with Crippen LogP contribution < -0.4 is 0 Å². The molecule has 0 spiro atoms. The molecule has 2 heterocycles. The van der Waals surface area contributed by atoms with Crippen LogP contribution in [-0.2, 0) is 14.6 Å². The molecule has 0 radical (unpaired) electrons. The fourth-order valence-electron chi connectivity index (χ4n) is 2.02. The minimum Gasteiger partial charge on any atom is -0.444 e. The number of ether oxygens (including phenoxy) is 1. The molecule has 1 unspecified atom stereocenters. The molecule has 112 valence electrons. The van der Waals surface area contributed by atoms with Crippen LogP contribution in [0.1, 0.15) is 30.9 Å². The Bertz CT molecular complexity index is 572. The molecule has 0 N–H and O–H groups in total. The Morgan fingerprint density at radius 3 is 2.70 bits per heavy atom. The molecule has 0 bridgehead atoms. The van der Waals surface area contributed by atoms with Gasteiger partial charge >= 0.3 is 6.09 Å². The van der Waals surface area contributed by atoms with Gasteiger partial charge in [0.1, 0.15) is 10.9 Å². The summed E-state index contributed by atoms with van der Waals surface area (Å²) in [6.07, 6.45) is -0.450. The molecule has 1 aliphatic rings. The van der Waals surface area contributed by atoms with Crippen molar-refractivity contribution in [3.63, 3.8) is 0 Å². The molecular weight excluding hydrogens is 298 g/mol. The molecule has 0 aliphatic carbocycles. The van der Waals surface area contributed by atoms with Crippen molar-refractivity contribution in [2.24, 2.45) is 0 Å². The zero-order valence-electron chi connectivity index (χ0n) is 11.8. The quantitative estimate of drug-likeness (QED) is 0.798. The van der Waals surface area contributed by atoms with Crippen LogP contribution in [0.15, 0.2) is 17.5 Å². The largest absolute Gasteiger partial charge is 0.444 e. The van der Waals surface area contributed by atoms with E-state index >= 15 is 0 Å². The minimum absolute atomic E-state index is 0.0190. The highest BCUT2D eigenvalue weighted by Crippen LogP contribution is 2.31. The van der Waals surface area contributed by atoms with Crippen LogP contribution in [0.4, 0.5) is 4.79 Å². The van der Waals surface area contributed by atoms with Gasteiger partial charge in [0.25, 0.3) is 0 Å². The van der Waals surface area contributed by atoms with Gasteiger partial charge in [-0.1, -0.05) is 6.07 Å². The van der Waals surface area contributed by atoms with Gasteiger partial charge < -0.3 is 9.64 Å². The van der Waals surface area contributed by atoms with E-state index in [1.54, 1.807) is 26.8 Å². The SMILES string of the molecule is CC(C)(C)OC(=O)N1CCS(=O)(=O)C(c2cccs2)C1. The number of amides is 1. The zero-order valence-corrected chi connectivity index (χ0v) is 13.5. The monoisotopic (exact) mass is 317 g/mol. The second-order valence-corrected chi connectivity index (χ2v) is 9.08. The number of hydrogen-bond acceptors (Lipinski definition) is 5. The van der Waals surface area contributed by atoms with E-state index in [1.807, 2.05) is 11.4 Å². The van der Waals surface area contributed by atoms with Crippen molar-refractivity contribution < 1.29 is 17.9 Å². The second kappa shape index (κ2) is 5.37. The van der Waals surface area contributed by atoms with Gasteiger partial charge in [-0.25, -0.2) is 13.2 Å². The van der Waals surface area contributed by atoms with E-state index in [4.69, 9.17) is 4.74 Å². The van der Waals surface area contributed by atoms with Crippen molar-refractivity contribution in [2.45, 2.75) is 31.6 Å². The minimum atomic E-state index is -3.20. The first kappa shape index (κ1) is 15.3. The van der Waals surface area contributed by atoms with Crippen molar-refractivity contribution in [1.29, 1.82) is 0 Å². The maximum Gasteiger partial charge on any atom is 0.410 e. The lowest BCUT2D eigenvalue weighted by Crippen LogP contribution is -2.47. The third-order valence-electron chi connectivity index (χ3n) is 2.98. The van der Waals surface area contributed by atoms with E-state index in [9.17, 15) is 13.2 Å². The lowest BCUT2D eigenvalue weighted by molar-refractivity contribution is 0.0254. The van der Waals surface area contributed by atoms with Gasteiger partial charge in [-0.2, -0.15) is 0 Å². The molecule has 1 aliphatic heterocycles. The van der Waals surface area contributed by atoms with Crippen LogP contribution >= 0.6 is 11.3 Å². The first-order valence-corrected chi connectivity index (χ1v) is 9.01. The molecule has 7 heteroatoms. The van der Waals surface area contributed by atoms with Gasteiger partial charge in [-0.15, -0.1) is 11.3 Å².